The molecular weight excluding hydrogens is 220 g/mol. The van der Waals surface area contributed by atoms with E-state index in [0.717, 1.165) is 24.4 Å². The molecular formula is C13H21ClN2. The summed E-state index contributed by atoms with van der Waals surface area (Å²) in [6.45, 7) is 5.06. The van der Waals surface area contributed by atoms with Crippen molar-refractivity contribution in [2.75, 3.05) is 6.54 Å². The Morgan fingerprint density at radius 1 is 1.56 bits per heavy atom. The summed E-state index contributed by atoms with van der Waals surface area (Å²) in [6, 6.07) is 0.522. The number of hydrogen-bond donors (Lipinski definition) is 1. The van der Waals surface area contributed by atoms with Crippen molar-refractivity contribution in [3.63, 3.8) is 0 Å². The zero-order chi connectivity index (χ0) is 12.0. The highest BCUT2D eigenvalue weighted by Crippen LogP contribution is 2.15. The first-order valence-corrected chi connectivity index (χ1v) is 6.18. The van der Waals surface area contributed by atoms with Crippen molar-refractivity contribution in [2.24, 2.45) is 5.73 Å². The van der Waals surface area contributed by atoms with Gasteiger partial charge in [0.05, 0.1) is 0 Å². The summed E-state index contributed by atoms with van der Waals surface area (Å²) in [7, 11) is 0. The molecule has 2 unspecified atom stereocenters. The molecule has 0 saturated carbocycles. The number of hydrogen-bond acceptors (Lipinski definition) is 2. The maximum atomic E-state index is 6.08. The van der Waals surface area contributed by atoms with Gasteiger partial charge in [-0.15, -0.1) is 0 Å². The first-order valence-electron chi connectivity index (χ1n) is 5.80. The first kappa shape index (κ1) is 13.3. The van der Waals surface area contributed by atoms with Crippen LogP contribution in [0.2, 0.25) is 0 Å². The zero-order valence-corrected chi connectivity index (χ0v) is 10.8. The van der Waals surface area contributed by atoms with Crippen LogP contribution >= 0.6 is 11.6 Å². The van der Waals surface area contributed by atoms with Crippen LogP contribution in [-0.2, 0) is 0 Å². The average molecular weight is 241 g/mol. The summed E-state index contributed by atoms with van der Waals surface area (Å²) >= 11 is 6.06. The van der Waals surface area contributed by atoms with E-state index in [0.29, 0.717) is 6.04 Å². The largest absolute Gasteiger partial charge is 0.370 e. The van der Waals surface area contributed by atoms with Crippen LogP contribution in [0.1, 0.15) is 26.7 Å². The third kappa shape index (κ3) is 4.42. The lowest BCUT2D eigenvalue weighted by atomic mass is 10.1. The SMILES string of the molecule is C/C=C\N1CC(N)CC/C(Cl)=C\C=C/C1C. The number of allylic oxidation sites excluding steroid dienone is 4. The fourth-order valence-electron chi connectivity index (χ4n) is 1.75. The van der Waals surface area contributed by atoms with Crippen LogP contribution < -0.4 is 5.73 Å². The van der Waals surface area contributed by atoms with E-state index in [9.17, 15) is 0 Å². The molecule has 0 aromatic rings. The van der Waals surface area contributed by atoms with E-state index in [4.69, 9.17) is 17.3 Å². The topological polar surface area (TPSA) is 29.3 Å². The van der Waals surface area contributed by atoms with Gasteiger partial charge in [0.2, 0.25) is 0 Å². The van der Waals surface area contributed by atoms with Crippen LogP contribution in [0, 0.1) is 0 Å². The maximum Gasteiger partial charge on any atom is 0.0442 e. The minimum atomic E-state index is 0.173. The van der Waals surface area contributed by atoms with Gasteiger partial charge in [-0.2, -0.15) is 0 Å². The standard InChI is InChI=1S/C13H21ClN2/c1-3-9-16-10-13(15)8-7-12(14)6-4-5-11(16)2/h3-6,9,11,13H,7-8,10,15H2,1-2H3/b5-4-,9-3-,12-6+. The molecule has 0 aliphatic carbocycles. The predicted octanol–water partition coefficient (Wildman–Crippen LogP) is 3.01. The summed E-state index contributed by atoms with van der Waals surface area (Å²) in [6.07, 6.45) is 12.1. The molecule has 2 atom stereocenters. The molecule has 2 N–H and O–H groups in total. The Labute approximate surface area is 103 Å². The second-order valence-electron chi connectivity index (χ2n) is 4.22. The molecule has 0 aromatic heterocycles. The van der Waals surface area contributed by atoms with Crippen molar-refractivity contribution in [1.82, 2.24) is 4.90 Å². The van der Waals surface area contributed by atoms with Crippen LogP contribution in [-0.4, -0.2) is 23.5 Å². The molecule has 1 heterocycles. The van der Waals surface area contributed by atoms with E-state index in [1.54, 1.807) is 0 Å². The van der Waals surface area contributed by atoms with Crippen LogP contribution in [0.5, 0.6) is 0 Å². The second kappa shape index (κ2) is 6.77. The van der Waals surface area contributed by atoms with Crippen molar-refractivity contribution in [1.29, 1.82) is 0 Å². The molecule has 0 saturated heterocycles. The van der Waals surface area contributed by atoms with Crippen LogP contribution in [0.15, 0.2) is 35.5 Å². The molecule has 0 radical (unpaired) electrons. The van der Waals surface area contributed by atoms with E-state index in [2.05, 4.69) is 24.1 Å². The fraction of sp³-hybridized carbons (Fsp3) is 0.538. The lowest BCUT2D eigenvalue weighted by Crippen LogP contribution is -2.38. The molecule has 1 aliphatic rings. The van der Waals surface area contributed by atoms with Crippen LogP contribution in [0.4, 0.5) is 0 Å². The molecule has 0 fully saturated rings. The van der Waals surface area contributed by atoms with E-state index in [1.165, 1.54) is 0 Å². The molecule has 3 heteroatoms. The van der Waals surface area contributed by atoms with Gasteiger partial charge in [-0.3, -0.25) is 0 Å². The molecule has 0 spiro atoms. The lowest BCUT2D eigenvalue weighted by Gasteiger charge is -2.29. The molecule has 90 valence electrons. The lowest BCUT2D eigenvalue weighted by molar-refractivity contribution is 0.306. The third-order valence-corrected chi connectivity index (χ3v) is 3.04. The summed E-state index contributed by atoms with van der Waals surface area (Å²) in [5.41, 5.74) is 6.08. The zero-order valence-electron chi connectivity index (χ0n) is 10.1. The van der Waals surface area contributed by atoms with Gasteiger partial charge in [-0.1, -0.05) is 29.8 Å². The Kier molecular flexibility index (Phi) is 5.64. The maximum absolute atomic E-state index is 6.08. The van der Waals surface area contributed by atoms with Gasteiger partial charge in [0.1, 0.15) is 0 Å². The highest BCUT2D eigenvalue weighted by atomic mass is 35.5. The van der Waals surface area contributed by atoms with E-state index in [1.807, 2.05) is 25.2 Å². The van der Waals surface area contributed by atoms with Gasteiger partial charge < -0.3 is 10.6 Å². The smallest absolute Gasteiger partial charge is 0.0442 e. The van der Waals surface area contributed by atoms with Crippen molar-refractivity contribution >= 4 is 11.6 Å². The molecule has 0 amide bonds. The molecule has 16 heavy (non-hydrogen) atoms. The summed E-state index contributed by atoms with van der Waals surface area (Å²) in [5.74, 6) is 0. The monoisotopic (exact) mass is 240 g/mol. The van der Waals surface area contributed by atoms with E-state index < -0.39 is 0 Å². The second-order valence-corrected chi connectivity index (χ2v) is 4.70. The van der Waals surface area contributed by atoms with Gasteiger partial charge in [0.25, 0.3) is 0 Å². The minimum absolute atomic E-state index is 0.173. The third-order valence-electron chi connectivity index (χ3n) is 2.73. The van der Waals surface area contributed by atoms with Gasteiger partial charge >= 0.3 is 0 Å². The van der Waals surface area contributed by atoms with Gasteiger partial charge in [0.15, 0.2) is 0 Å². The van der Waals surface area contributed by atoms with E-state index in [-0.39, 0.29) is 6.04 Å². The molecule has 1 aliphatic heterocycles. The Bertz CT molecular complexity index is 294. The van der Waals surface area contributed by atoms with Gasteiger partial charge in [-0.05, 0) is 39.0 Å². The van der Waals surface area contributed by atoms with Crippen LogP contribution in [0.3, 0.4) is 0 Å². The summed E-state index contributed by atoms with van der Waals surface area (Å²) < 4.78 is 0. The highest BCUT2D eigenvalue weighted by Gasteiger charge is 2.12. The van der Waals surface area contributed by atoms with Gasteiger partial charge in [-0.25, -0.2) is 0 Å². The fourth-order valence-corrected chi connectivity index (χ4v) is 1.94. The molecule has 0 bridgehead atoms. The summed E-state index contributed by atoms with van der Waals surface area (Å²) in [4.78, 5) is 2.26. The normalized spacial score (nSPS) is 33.5. The van der Waals surface area contributed by atoms with Crippen molar-refractivity contribution < 1.29 is 0 Å². The predicted molar refractivity (Wildman–Crippen MR) is 71.3 cm³/mol. The first-order chi connectivity index (χ1) is 7.63. The Balaban J connectivity index is 2.80. The van der Waals surface area contributed by atoms with E-state index >= 15 is 0 Å². The Hall–Kier alpha value is -0.730. The van der Waals surface area contributed by atoms with Crippen LogP contribution in [0.25, 0.3) is 0 Å². The number of nitrogens with two attached hydrogens (primary N) is 1. The Morgan fingerprint density at radius 2 is 2.31 bits per heavy atom. The molecule has 1 rings (SSSR count). The molecule has 2 nitrogen and oxygen atoms in total. The number of halogens is 1. The van der Waals surface area contributed by atoms with Crippen molar-refractivity contribution in [2.45, 2.75) is 38.8 Å². The van der Waals surface area contributed by atoms with Crippen molar-refractivity contribution in [3.05, 3.63) is 35.5 Å². The highest BCUT2D eigenvalue weighted by molar-refractivity contribution is 6.29. The average Bonchev–Trinajstić information content (AvgIpc) is 2.25. The van der Waals surface area contributed by atoms with Crippen molar-refractivity contribution in [3.8, 4) is 0 Å². The summed E-state index contributed by atoms with van der Waals surface area (Å²) in [5, 5.41) is 0.887. The number of rotatable bonds is 1. The quantitative estimate of drug-likeness (QED) is 0.764. The van der Waals surface area contributed by atoms with Gasteiger partial charge in [0, 0.05) is 23.7 Å². The molecule has 0 aromatic carbocycles. The number of nitrogens with zero attached hydrogens (tertiary/aromatic N) is 1. The minimum Gasteiger partial charge on any atom is -0.370 e. The Morgan fingerprint density at radius 3 is 3.00 bits per heavy atom.